The maximum Gasteiger partial charge on any atom is 0.290 e. The van der Waals surface area contributed by atoms with Gasteiger partial charge in [-0.2, -0.15) is 5.10 Å². The summed E-state index contributed by atoms with van der Waals surface area (Å²) >= 11 is 3.30. The fourth-order valence-electron chi connectivity index (χ4n) is 2.41. The highest BCUT2D eigenvalue weighted by molar-refractivity contribution is 9.10. The van der Waals surface area contributed by atoms with Crippen LogP contribution in [0.3, 0.4) is 0 Å². The fourth-order valence-corrected chi connectivity index (χ4v) is 2.93. The number of aryl methyl sites for hydroxylation is 2. The van der Waals surface area contributed by atoms with E-state index in [1.165, 1.54) is 0 Å². The quantitative estimate of drug-likeness (QED) is 0.660. The molecule has 0 aliphatic carbocycles. The molecule has 0 aliphatic rings. The Balaban J connectivity index is 1.70. The van der Waals surface area contributed by atoms with E-state index >= 15 is 0 Å². The number of nitrogens with zero attached hydrogens (tertiary/aromatic N) is 3. The average molecular weight is 402 g/mol. The Labute approximate surface area is 152 Å². The molecule has 0 unspecified atom stereocenters. The van der Waals surface area contributed by atoms with E-state index in [1.54, 1.807) is 34.6 Å². The van der Waals surface area contributed by atoms with E-state index in [1.807, 2.05) is 37.3 Å². The summed E-state index contributed by atoms with van der Waals surface area (Å²) in [7, 11) is 1.74. The second kappa shape index (κ2) is 6.94. The van der Waals surface area contributed by atoms with Crippen LogP contribution in [0, 0.1) is 6.92 Å². The number of para-hydroxylation sites is 1. The van der Waals surface area contributed by atoms with E-state index in [4.69, 9.17) is 0 Å². The van der Waals surface area contributed by atoms with Crippen LogP contribution in [0.4, 0.5) is 0 Å². The molecule has 1 aromatic carbocycles. The Morgan fingerprint density at radius 2 is 1.76 bits per heavy atom. The van der Waals surface area contributed by atoms with Gasteiger partial charge >= 0.3 is 0 Å². The maximum atomic E-state index is 12.2. The highest BCUT2D eigenvalue weighted by Crippen LogP contribution is 2.13. The number of aromatic nitrogens is 3. The number of hydrogen-bond donors (Lipinski definition) is 2. The lowest BCUT2D eigenvalue weighted by atomic mass is 10.3. The molecule has 0 saturated carbocycles. The molecule has 0 saturated heterocycles. The van der Waals surface area contributed by atoms with Crippen LogP contribution in [0.5, 0.6) is 0 Å². The van der Waals surface area contributed by atoms with Gasteiger partial charge in [0.15, 0.2) is 5.69 Å². The number of carbonyl (C=O) groups excluding carboxylic acids is 2. The maximum absolute atomic E-state index is 12.2. The second-order valence-electron chi connectivity index (χ2n) is 5.48. The molecule has 2 heterocycles. The number of amides is 2. The van der Waals surface area contributed by atoms with E-state index in [9.17, 15) is 9.59 Å². The van der Waals surface area contributed by atoms with Gasteiger partial charge in [0.25, 0.3) is 11.8 Å². The third-order valence-corrected chi connectivity index (χ3v) is 4.05. The summed E-state index contributed by atoms with van der Waals surface area (Å²) in [6.45, 7) is 1.86. The van der Waals surface area contributed by atoms with Crippen LogP contribution in [0.1, 0.15) is 26.7 Å². The van der Waals surface area contributed by atoms with Gasteiger partial charge in [0, 0.05) is 23.4 Å². The Morgan fingerprint density at radius 3 is 2.40 bits per heavy atom. The molecule has 3 aromatic rings. The summed E-state index contributed by atoms with van der Waals surface area (Å²) < 4.78 is 4.11. The predicted octanol–water partition coefficient (Wildman–Crippen LogP) is 2.36. The molecule has 0 aliphatic heterocycles. The Kier molecular flexibility index (Phi) is 4.71. The Bertz CT molecular complexity index is 930. The zero-order valence-electron chi connectivity index (χ0n) is 13.7. The lowest BCUT2D eigenvalue weighted by Crippen LogP contribution is -2.42. The number of hydrazine groups is 1. The molecule has 25 heavy (non-hydrogen) atoms. The topological polar surface area (TPSA) is 81.0 Å². The Morgan fingerprint density at radius 1 is 1.08 bits per heavy atom. The van der Waals surface area contributed by atoms with Crippen molar-refractivity contribution >= 4 is 27.7 Å². The van der Waals surface area contributed by atoms with Crippen molar-refractivity contribution in [1.29, 1.82) is 0 Å². The van der Waals surface area contributed by atoms with E-state index < -0.39 is 11.8 Å². The zero-order chi connectivity index (χ0) is 18.0. The minimum absolute atomic E-state index is 0.217. The zero-order valence-corrected chi connectivity index (χ0v) is 15.2. The van der Waals surface area contributed by atoms with Gasteiger partial charge in [-0.25, -0.2) is 4.68 Å². The van der Waals surface area contributed by atoms with Crippen molar-refractivity contribution in [2.75, 3.05) is 0 Å². The van der Waals surface area contributed by atoms with Gasteiger partial charge in [0.1, 0.15) is 5.69 Å². The number of hydrogen-bond acceptors (Lipinski definition) is 3. The monoisotopic (exact) mass is 401 g/mol. The average Bonchev–Trinajstić information content (AvgIpc) is 3.15. The van der Waals surface area contributed by atoms with Crippen molar-refractivity contribution in [3.05, 3.63) is 70.2 Å². The largest absolute Gasteiger partial charge is 0.345 e. The minimum atomic E-state index is -0.487. The molecule has 0 atom stereocenters. The van der Waals surface area contributed by atoms with Crippen molar-refractivity contribution in [3.63, 3.8) is 0 Å². The van der Waals surface area contributed by atoms with Crippen LogP contribution in [-0.4, -0.2) is 26.2 Å². The lowest BCUT2D eigenvalue weighted by molar-refractivity contribution is 0.0839. The van der Waals surface area contributed by atoms with Crippen LogP contribution in [0.25, 0.3) is 5.69 Å². The van der Waals surface area contributed by atoms with Crippen LogP contribution < -0.4 is 10.9 Å². The summed E-state index contributed by atoms with van der Waals surface area (Å²) in [6, 6.07) is 12.8. The summed E-state index contributed by atoms with van der Waals surface area (Å²) in [6.07, 6.45) is 1.75. The molecule has 7 nitrogen and oxygen atoms in total. The first-order valence-electron chi connectivity index (χ1n) is 7.50. The second-order valence-corrected chi connectivity index (χ2v) is 6.40. The molecule has 0 spiro atoms. The van der Waals surface area contributed by atoms with Gasteiger partial charge in [0.05, 0.1) is 5.69 Å². The van der Waals surface area contributed by atoms with Gasteiger partial charge in [0.2, 0.25) is 0 Å². The third kappa shape index (κ3) is 3.63. The van der Waals surface area contributed by atoms with E-state index in [0.717, 1.165) is 15.9 Å². The van der Waals surface area contributed by atoms with Crippen LogP contribution in [0.2, 0.25) is 0 Å². The first-order valence-corrected chi connectivity index (χ1v) is 8.29. The van der Waals surface area contributed by atoms with Crippen molar-refractivity contribution in [2.24, 2.45) is 7.05 Å². The highest BCUT2D eigenvalue weighted by atomic mass is 79.9. The highest BCUT2D eigenvalue weighted by Gasteiger charge is 2.16. The molecule has 2 amide bonds. The lowest BCUT2D eigenvalue weighted by Gasteiger charge is -2.06. The van der Waals surface area contributed by atoms with Crippen molar-refractivity contribution < 1.29 is 9.59 Å². The SMILES string of the molecule is Cc1cc(C(=O)NNC(=O)c2cc(Br)cn2C)nn1-c1ccccc1. The molecular weight excluding hydrogens is 386 g/mol. The van der Waals surface area contributed by atoms with Gasteiger partial charge in [-0.05, 0) is 47.1 Å². The van der Waals surface area contributed by atoms with Gasteiger partial charge in [-0.1, -0.05) is 18.2 Å². The number of benzene rings is 1. The number of nitrogens with one attached hydrogen (secondary N) is 2. The van der Waals surface area contributed by atoms with Gasteiger partial charge in [-0.15, -0.1) is 0 Å². The van der Waals surface area contributed by atoms with Crippen molar-refractivity contribution in [3.8, 4) is 5.69 Å². The van der Waals surface area contributed by atoms with Crippen LogP contribution in [-0.2, 0) is 7.05 Å². The van der Waals surface area contributed by atoms with Crippen LogP contribution >= 0.6 is 15.9 Å². The smallest absolute Gasteiger partial charge is 0.290 e. The summed E-state index contributed by atoms with van der Waals surface area (Å²) in [5.41, 5.74) is 7.08. The van der Waals surface area contributed by atoms with E-state index in [0.29, 0.717) is 5.69 Å². The van der Waals surface area contributed by atoms with Crippen molar-refractivity contribution in [1.82, 2.24) is 25.2 Å². The van der Waals surface area contributed by atoms with E-state index in [-0.39, 0.29) is 5.69 Å². The number of carbonyl (C=O) groups is 2. The molecule has 2 N–H and O–H groups in total. The molecule has 0 fully saturated rings. The summed E-state index contributed by atoms with van der Waals surface area (Å²) in [4.78, 5) is 24.4. The molecule has 0 radical (unpaired) electrons. The van der Waals surface area contributed by atoms with Crippen molar-refractivity contribution in [2.45, 2.75) is 6.92 Å². The molecule has 8 heteroatoms. The van der Waals surface area contributed by atoms with Crippen LogP contribution in [0.15, 0.2) is 53.1 Å². The summed E-state index contributed by atoms with van der Waals surface area (Å²) in [5, 5.41) is 4.29. The molecule has 128 valence electrons. The molecular formula is C17H16BrN5O2. The Hall–Kier alpha value is -2.87. The molecule has 2 aromatic heterocycles. The third-order valence-electron chi connectivity index (χ3n) is 3.61. The minimum Gasteiger partial charge on any atom is -0.345 e. The first kappa shape index (κ1) is 17.0. The van der Waals surface area contributed by atoms with Gasteiger partial charge < -0.3 is 4.57 Å². The molecule has 0 bridgehead atoms. The standard InChI is InChI=1S/C17H16BrN5O2/c1-11-8-14(21-23(11)13-6-4-3-5-7-13)16(24)19-20-17(25)15-9-12(18)10-22(15)2/h3-10H,1-2H3,(H,19,24)(H,20,25). The van der Waals surface area contributed by atoms with E-state index in [2.05, 4.69) is 31.9 Å². The normalized spacial score (nSPS) is 10.5. The first-order chi connectivity index (χ1) is 12.0. The number of rotatable bonds is 3. The predicted molar refractivity (Wildman–Crippen MR) is 96.3 cm³/mol. The summed E-state index contributed by atoms with van der Waals surface area (Å²) in [5.74, 6) is -0.903. The molecule has 3 rings (SSSR count). The fraction of sp³-hybridized carbons (Fsp3) is 0.118. The van der Waals surface area contributed by atoms with Gasteiger partial charge in [-0.3, -0.25) is 20.4 Å². The number of halogens is 1.